The van der Waals surface area contributed by atoms with Crippen LogP contribution in [0.15, 0.2) is 0 Å². The van der Waals surface area contributed by atoms with Crippen molar-refractivity contribution in [2.24, 2.45) is 0 Å². The zero-order valence-corrected chi connectivity index (χ0v) is 12.2. The summed E-state index contributed by atoms with van der Waals surface area (Å²) in [4.78, 5) is 17.9. The van der Waals surface area contributed by atoms with E-state index in [1.807, 2.05) is 0 Å². The van der Waals surface area contributed by atoms with E-state index in [0.717, 1.165) is 6.92 Å². The molecule has 0 bridgehead atoms. The van der Waals surface area contributed by atoms with Crippen molar-refractivity contribution in [1.82, 2.24) is 0 Å². The van der Waals surface area contributed by atoms with E-state index in [-0.39, 0.29) is 78.0 Å². The Balaban J connectivity index is -0.0000000347. The molecule has 14 heavy (non-hydrogen) atoms. The SMILES string of the molecule is CC(=O)[O-].O=COS(=O)(=O)[O-].[LiH].[Na+].[Na+]. The van der Waals surface area contributed by atoms with Gasteiger partial charge in [-0.2, -0.15) is 0 Å². The zero-order valence-electron chi connectivity index (χ0n) is 7.34. The van der Waals surface area contributed by atoms with Gasteiger partial charge >= 0.3 is 84.4 Å². The molecule has 11 heteroatoms. The Labute approximate surface area is 138 Å². The molecule has 0 aromatic heterocycles. The molecule has 0 aliphatic rings. The first kappa shape index (κ1) is 29.5. The van der Waals surface area contributed by atoms with Gasteiger partial charge in [0.05, 0.1) is 0 Å². The first-order valence-corrected chi connectivity index (χ1v) is 3.38. The van der Waals surface area contributed by atoms with Gasteiger partial charge in [0.25, 0.3) is 10.4 Å². The third-order valence-corrected chi connectivity index (χ3v) is 0.471. The van der Waals surface area contributed by atoms with Gasteiger partial charge in [0, 0.05) is 5.97 Å². The fraction of sp³-hybridized carbons (Fsp3) is 0.333. The Bertz CT molecular complexity index is 223. The van der Waals surface area contributed by atoms with Crippen LogP contribution in [0.3, 0.4) is 0 Å². The van der Waals surface area contributed by atoms with Crippen LogP contribution in [0.5, 0.6) is 0 Å². The molecule has 0 spiro atoms. The van der Waals surface area contributed by atoms with Crippen molar-refractivity contribution in [3.63, 3.8) is 0 Å². The number of carboxylic acid groups (broad SMARTS) is 1. The standard InChI is InChI=1S/C2H4O2.CH2O5S.Li.2Na.H/c1-2(3)4;2-1-6-7(3,4)5;;;;/h1H3,(H,3,4);1H,(H,3,4,5);;;;/q;;;2*+1;/p-2. The summed E-state index contributed by atoms with van der Waals surface area (Å²) in [6.07, 6.45) is 0. The molecule has 0 aliphatic carbocycles. The fourth-order valence-electron chi connectivity index (χ4n) is 0.0481. The van der Waals surface area contributed by atoms with Crippen LogP contribution in [-0.2, 0) is 24.2 Å². The van der Waals surface area contributed by atoms with Crippen molar-refractivity contribution in [2.45, 2.75) is 6.92 Å². The van der Waals surface area contributed by atoms with Crippen molar-refractivity contribution < 1.29 is 91.0 Å². The number of carboxylic acids is 1. The van der Waals surface area contributed by atoms with E-state index in [0.29, 0.717) is 0 Å². The van der Waals surface area contributed by atoms with Gasteiger partial charge in [0.15, 0.2) is 0 Å². The number of carbonyl (C=O) groups excluding carboxylic acids is 2. The molecular formula is C3H5LiNa2O7S. The minimum Gasteiger partial charge on any atom is 1.00 e. The second-order valence-corrected chi connectivity index (χ2v) is 2.10. The molecule has 0 fully saturated rings. The third kappa shape index (κ3) is 70.2. The van der Waals surface area contributed by atoms with Crippen LogP contribution in [-0.4, -0.2) is 44.3 Å². The van der Waals surface area contributed by atoms with Gasteiger partial charge in [-0.1, -0.05) is 0 Å². The van der Waals surface area contributed by atoms with E-state index >= 15 is 0 Å². The normalized spacial score (nSPS) is 7.00. The minimum atomic E-state index is -4.79. The Morgan fingerprint density at radius 1 is 1.36 bits per heavy atom. The van der Waals surface area contributed by atoms with Crippen LogP contribution in [0.2, 0.25) is 0 Å². The number of hydrogen-bond acceptors (Lipinski definition) is 7. The molecule has 0 heterocycles. The molecule has 0 aromatic carbocycles. The second-order valence-electron chi connectivity index (χ2n) is 1.09. The molecule has 0 amide bonds. The minimum absolute atomic E-state index is 0. The summed E-state index contributed by atoms with van der Waals surface area (Å²) in [7, 11) is -4.79. The molecule has 7 nitrogen and oxygen atoms in total. The maximum atomic E-state index is 9.22. The number of aliphatic carboxylic acids is 1. The Morgan fingerprint density at radius 2 is 1.57 bits per heavy atom. The molecule has 0 radical (unpaired) electrons. The monoisotopic (exact) mass is 238 g/mol. The van der Waals surface area contributed by atoms with E-state index in [1.54, 1.807) is 0 Å². The predicted octanol–water partition coefficient (Wildman–Crippen LogP) is -9.26. The molecule has 0 unspecified atom stereocenters. The van der Waals surface area contributed by atoms with E-state index < -0.39 is 22.8 Å². The summed E-state index contributed by atoms with van der Waals surface area (Å²) in [6, 6.07) is 0. The maximum Gasteiger partial charge on any atom is 1.00 e. The first-order valence-electron chi connectivity index (χ1n) is 2.05. The molecule has 0 rings (SSSR count). The molecule has 0 aliphatic heterocycles. The van der Waals surface area contributed by atoms with Crippen molar-refractivity contribution in [2.75, 3.05) is 0 Å². The largest absolute Gasteiger partial charge is 1.00 e. The van der Waals surface area contributed by atoms with Gasteiger partial charge in [-0.15, -0.1) is 0 Å². The summed E-state index contributed by atoms with van der Waals surface area (Å²) in [6.45, 7) is 0.530. The average molecular weight is 238 g/mol. The predicted molar refractivity (Wildman–Crippen MR) is 34.7 cm³/mol. The van der Waals surface area contributed by atoms with Crippen LogP contribution in [0, 0.1) is 0 Å². The second kappa shape index (κ2) is 16.9. The molecule has 0 aromatic rings. The van der Waals surface area contributed by atoms with Crippen LogP contribution in [0.4, 0.5) is 0 Å². The molecule has 0 saturated heterocycles. The van der Waals surface area contributed by atoms with Crippen molar-refractivity contribution in [1.29, 1.82) is 0 Å². The van der Waals surface area contributed by atoms with Crippen LogP contribution >= 0.6 is 0 Å². The van der Waals surface area contributed by atoms with Gasteiger partial charge in [-0.25, -0.2) is 8.42 Å². The van der Waals surface area contributed by atoms with Gasteiger partial charge in [-0.3, -0.25) is 4.79 Å². The van der Waals surface area contributed by atoms with E-state index in [9.17, 15) is 13.0 Å². The van der Waals surface area contributed by atoms with Crippen molar-refractivity contribution >= 4 is 41.7 Å². The number of hydrogen-bond donors (Lipinski definition) is 0. The van der Waals surface area contributed by atoms with Gasteiger partial charge in [0.1, 0.15) is 0 Å². The zero-order chi connectivity index (χ0) is 9.49. The molecule has 0 atom stereocenters. The Morgan fingerprint density at radius 3 is 1.57 bits per heavy atom. The summed E-state index contributed by atoms with van der Waals surface area (Å²) < 4.78 is 30.6. The van der Waals surface area contributed by atoms with Gasteiger partial charge in [0.2, 0.25) is 0 Å². The van der Waals surface area contributed by atoms with Crippen molar-refractivity contribution in [3.8, 4) is 0 Å². The first-order chi connectivity index (χ1) is 4.79. The van der Waals surface area contributed by atoms with E-state index in [4.69, 9.17) is 14.7 Å². The topological polar surface area (TPSA) is 124 Å². The Kier molecular flexibility index (Phi) is 35.6. The summed E-state index contributed by atoms with van der Waals surface area (Å²) >= 11 is 0. The molecule has 68 valence electrons. The molecule has 0 saturated carbocycles. The summed E-state index contributed by atoms with van der Waals surface area (Å²) in [5.74, 6) is -1.08. The molecular weight excluding hydrogens is 233 g/mol. The Hall–Kier alpha value is 1.45. The van der Waals surface area contributed by atoms with Crippen LogP contribution < -0.4 is 64.2 Å². The summed E-state index contributed by atoms with van der Waals surface area (Å²) in [5.41, 5.74) is 0. The van der Waals surface area contributed by atoms with Gasteiger partial charge in [-0.05, 0) is 6.92 Å². The maximum absolute atomic E-state index is 9.22. The van der Waals surface area contributed by atoms with Crippen LogP contribution in [0.1, 0.15) is 6.92 Å². The number of rotatable bonds is 2. The van der Waals surface area contributed by atoms with Crippen LogP contribution in [0.25, 0.3) is 0 Å². The molecule has 0 N–H and O–H groups in total. The van der Waals surface area contributed by atoms with Crippen molar-refractivity contribution in [3.05, 3.63) is 0 Å². The smallest absolute Gasteiger partial charge is 1.00 e. The summed E-state index contributed by atoms with van der Waals surface area (Å²) in [5, 5.41) is 8.89. The number of carbonyl (C=O) groups is 2. The van der Waals surface area contributed by atoms with E-state index in [2.05, 4.69) is 4.18 Å². The third-order valence-electron chi connectivity index (χ3n) is 0.157. The van der Waals surface area contributed by atoms with E-state index in [1.165, 1.54) is 0 Å². The quantitative estimate of drug-likeness (QED) is 0.202. The fourth-order valence-corrected chi connectivity index (χ4v) is 0.144. The average Bonchev–Trinajstić information content (AvgIpc) is 1.58. The van der Waals surface area contributed by atoms with Gasteiger partial charge < -0.3 is 18.6 Å².